The molecule has 1 saturated carbocycles. The van der Waals surface area contributed by atoms with Crippen LogP contribution in [-0.2, 0) is 4.79 Å². The zero-order chi connectivity index (χ0) is 34.1. The van der Waals surface area contributed by atoms with Crippen LogP contribution in [0.1, 0.15) is 44.9 Å². The van der Waals surface area contributed by atoms with Gasteiger partial charge < -0.3 is 20.3 Å². The number of hydrogen-bond donors (Lipinski definition) is 2. The molecule has 10 nitrogen and oxygen atoms in total. The Morgan fingerprint density at radius 1 is 1.10 bits per heavy atom. The van der Waals surface area contributed by atoms with Gasteiger partial charge in [-0.1, -0.05) is 22.9 Å². The molecule has 0 radical (unpaired) electrons. The molecule has 6 aliphatic rings. The Balaban J connectivity index is 1.05. The lowest BCUT2D eigenvalue weighted by Crippen LogP contribution is -2.57. The summed E-state index contributed by atoms with van der Waals surface area (Å²) in [4.78, 5) is 33.8. The lowest BCUT2D eigenvalue weighted by Gasteiger charge is -2.42. The first-order valence-corrected chi connectivity index (χ1v) is 18.8. The summed E-state index contributed by atoms with van der Waals surface area (Å²) in [6.45, 7) is 2.41. The molecule has 262 valence electrons. The van der Waals surface area contributed by atoms with Gasteiger partial charge >= 0.3 is 6.01 Å². The molecule has 6 fully saturated rings. The number of carbonyl (C=O) groups is 1. The number of carbonyl (C=O) groups excluding carboxylic acids is 1. The summed E-state index contributed by atoms with van der Waals surface area (Å²) in [6, 6.07) is 4.53. The number of nitrogen functional groups attached to an aromatic ring is 1. The van der Waals surface area contributed by atoms with E-state index in [0.29, 0.717) is 54.8 Å². The number of nitrogens with one attached hydrogen (secondary N) is 1. The van der Waals surface area contributed by atoms with Crippen molar-refractivity contribution in [1.82, 2.24) is 30.1 Å². The van der Waals surface area contributed by atoms with Crippen LogP contribution >= 0.6 is 22.9 Å². The van der Waals surface area contributed by atoms with Gasteiger partial charge in [0.2, 0.25) is 5.91 Å². The van der Waals surface area contributed by atoms with Gasteiger partial charge in [-0.25, -0.2) is 18.2 Å². The second kappa shape index (κ2) is 11.3. The number of ether oxygens (including phenoxy) is 1. The molecule has 2 bridgehead atoms. The third kappa shape index (κ3) is 4.88. The molecule has 15 heteroatoms. The fraction of sp³-hybridized carbons (Fsp3) is 0.543. The van der Waals surface area contributed by atoms with Crippen LogP contribution in [0.15, 0.2) is 18.2 Å². The number of amides is 1. The predicted molar refractivity (Wildman–Crippen MR) is 185 cm³/mol. The number of fused-ring (bicyclic) bond motifs is 5. The monoisotopic (exact) mass is 724 g/mol. The lowest BCUT2D eigenvalue weighted by atomic mass is 9.95. The number of benzene rings is 2. The Morgan fingerprint density at radius 2 is 1.90 bits per heavy atom. The van der Waals surface area contributed by atoms with Crippen LogP contribution in [0, 0.1) is 17.6 Å². The number of alkyl halides is 1. The molecule has 7 heterocycles. The van der Waals surface area contributed by atoms with Crippen LogP contribution in [0.3, 0.4) is 0 Å². The third-order valence-corrected chi connectivity index (χ3v) is 13.1. The van der Waals surface area contributed by atoms with E-state index in [-0.39, 0.29) is 68.1 Å². The van der Waals surface area contributed by atoms with E-state index in [1.54, 1.807) is 6.07 Å². The van der Waals surface area contributed by atoms with Gasteiger partial charge in [0.05, 0.1) is 20.8 Å². The number of anilines is 2. The molecule has 2 aromatic carbocycles. The van der Waals surface area contributed by atoms with Gasteiger partial charge in [0.15, 0.2) is 10.9 Å². The SMILES string of the molecule is Nc1nc2c(-c3c(Cl)cc4c(N5CC6CCC(C5)N6C(=O)[C@@H]5N[C@@H]5C5CC5)nc(OC[C@@]56CCCN5C[C@H](F)C6)nc4c3F)ccc(F)c2s1. The van der Waals surface area contributed by atoms with Gasteiger partial charge in [-0.15, -0.1) is 0 Å². The highest BCUT2D eigenvalue weighted by Gasteiger charge is 2.55. The number of nitrogens with zero attached hydrogens (tertiary/aromatic N) is 6. The van der Waals surface area contributed by atoms with E-state index in [0.717, 1.165) is 43.6 Å². The van der Waals surface area contributed by atoms with E-state index >= 15 is 4.39 Å². The van der Waals surface area contributed by atoms with Crippen molar-refractivity contribution in [2.75, 3.05) is 43.4 Å². The Hall–Kier alpha value is -3.46. The summed E-state index contributed by atoms with van der Waals surface area (Å²) < 4.78 is 52.8. The number of aromatic nitrogens is 3. The molecule has 2 aromatic heterocycles. The summed E-state index contributed by atoms with van der Waals surface area (Å²) >= 11 is 7.87. The number of piperazine rings is 1. The molecule has 50 heavy (non-hydrogen) atoms. The van der Waals surface area contributed by atoms with Crippen molar-refractivity contribution in [3.8, 4) is 17.1 Å². The summed E-state index contributed by atoms with van der Waals surface area (Å²) in [5.41, 5.74) is 6.03. The Labute approximate surface area is 295 Å². The van der Waals surface area contributed by atoms with Crippen LogP contribution in [0.2, 0.25) is 5.02 Å². The highest BCUT2D eigenvalue weighted by atomic mass is 35.5. The van der Waals surface area contributed by atoms with Crippen molar-refractivity contribution in [2.24, 2.45) is 5.92 Å². The largest absolute Gasteiger partial charge is 0.461 e. The van der Waals surface area contributed by atoms with Crippen molar-refractivity contribution in [3.63, 3.8) is 0 Å². The molecule has 2 unspecified atom stereocenters. The average molecular weight is 725 g/mol. The molecule has 0 spiro atoms. The topological polar surface area (TPSA) is 123 Å². The molecule has 4 aromatic rings. The second-order valence-electron chi connectivity index (χ2n) is 15.0. The minimum absolute atomic E-state index is 0.000883. The van der Waals surface area contributed by atoms with Crippen LogP contribution in [0.4, 0.5) is 24.1 Å². The van der Waals surface area contributed by atoms with Crippen molar-refractivity contribution in [3.05, 3.63) is 34.9 Å². The normalized spacial score (nSPS) is 30.5. The van der Waals surface area contributed by atoms with Crippen LogP contribution in [-0.4, -0.2) is 99.3 Å². The number of halogens is 4. The van der Waals surface area contributed by atoms with Gasteiger partial charge in [0, 0.05) is 60.7 Å². The Bertz CT molecular complexity index is 2070. The number of hydrogen-bond acceptors (Lipinski definition) is 10. The van der Waals surface area contributed by atoms with Gasteiger partial charge in [-0.2, -0.15) is 9.97 Å². The maximum absolute atomic E-state index is 17.0. The number of thiazole rings is 1. The first-order valence-electron chi connectivity index (χ1n) is 17.6. The van der Waals surface area contributed by atoms with E-state index < -0.39 is 23.3 Å². The maximum Gasteiger partial charge on any atom is 0.319 e. The van der Waals surface area contributed by atoms with E-state index in [1.807, 2.05) is 0 Å². The van der Waals surface area contributed by atoms with Gasteiger partial charge in [-0.05, 0) is 69.2 Å². The van der Waals surface area contributed by atoms with Crippen LogP contribution in [0.5, 0.6) is 6.01 Å². The van der Waals surface area contributed by atoms with Crippen LogP contribution < -0.4 is 20.7 Å². The van der Waals surface area contributed by atoms with Gasteiger partial charge in [-0.3, -0.25) is 15.0 Å². The fourth-order valence-corrected chi connectivity index (χ4v) is 10.4. The fourth-order valence-electron chi connectivity index (χ4n) is 9.39. The van der Waals surface area contributed by atoms with E-state index in [9.17, 15) is 13.6 Å². The Kier molecular flexibility index (Phi) is 7.05. The maximum atomic E-state index is 17.0. The molecule has 1 amide bonds. The zero-order valence-corrected chi connectivity index (χ0v) is 28.8. The Morgan fingerprint density at radius 3 is 2.68 bits per heavy atom. The predicted octanol–water partition coefficient (Wildman–Crippen LogP) is 5.31. The second-order valence-corrected chi connectivity index (χ2v) is 16.4. The molecule has 1 aliphatic carbocycles. The van der Waals surface area contributed by atoms with E-state index in [2.05, 4.69) is 30.0 Å². The molecule has 5 saturated heterocycles. The average Bonchev–Trinajstić information content (AvgIpc) is 3.96. The number of rotatable bonds is 7. The summed E-state index contributed by atoms with van der Waals surface area (Å²) in [7, 11) is 0. The van der Waals surface area contributed by atoms with E-state index in [1.165, 1.54) is 25.0 Å². The minimum atomic E-state index is -0.929. The van der Waals surface area contributed by atoms with E-state index in [4.69, 9.17) is 27.1 Å². The van der Waals surface area contributed by atoms with Crippen LogP contribution in [0.25, 0.3) is 32.2 Å². The highest BCUT2D eigenvalue weighted by Crippen LogP contribution is 2.46. The molecule has 5 aliphatic heterocycles. The smallest absolute Gasteiger partial charge is 0.319 e. The van der Waals surface area contributed by atoms with Gasteiger partial charge in [0.25, 0.3) is 0 Å². The van der Waals surface area contributed by atoms with Crippen molar-refractivity contribution >= 4 is 60.9 Å². The van der Waals surface area contributed by atoms with Gasteiger partial charge in [0.1, 0.15) is 36.0 Å². The first kappa shape index (κ1) is 31.3. The van der Waals surface area contributed by atoms with Crippen molar-refractivity contribution < 1.29 is 22.7 Å². The molecule has 6 atom stereocenters. The summed E-state index contributed by atoms with van der Waals surface area (Å²) in [5.74, 6) is 0.0489. The molecular formula is C35H36ClF3N8O2S. The van der Waals surface area contributed by atoms with Crippen molar-refractivity contribution in [1.29, 1.82) is 0 Å². The standard InChI is InChI=1S/C35H36ClF3N8O2S/c36-22-10-21-27(25(39)24(22)20-6-7-23(38)30-28(20)42-33(40)50-30)43-34(49-15-35-8-1-9-46(35)12-17(37)11-35)44-31(21)45-13-18-4-5-19(14-45)47(18)32(48)29-26(41-29)16-2-3-16/h6-7,10,16-19,26,29,41H,1-5,8-9,11-15H2,(H2,40,42)/t17-,18?,19?,26-,29-,35+/m1/s1. The lowest BCUT2D eigenvalue weighted by molar-refractivity contribution is -0.134. The molecule has 3 N–H and O–H groups in total. The quantitative estimate of drug-likeness (QED) is 0.245. The molecule has 10 rings (SSSR count). The van der Waals surface area contributed by atoms with Crippen molar-refractivity contribution in [2.45, 2.75) is 80.8 Å². The molecular weight excluding hydrogens is 689 g/mol. The highest BCUT2D eigenvalue weighted by molar-refractivity contribution is 7.22. The number of nitrogens with two attached hydrogens (primary N) is 1. The zero-order valence-electron chi connectivity index (χ0n) is 27.2. The third-order valence-electron chi connectivity index (χ3n) is 11.9. The first-order chi connectivity index (χ1) is 24.2. The minimum Gasteiger partial charge on any atom is -0.461 e. The summed E-state index contributed by atoms with van der Waals surface area (Å²) in [6.07, 6.45) is 5.32. The summed E-state index contributed by atoms with van der Waals surface area (Å²) in [5, 5.41) is 4.07.